The fourth-order valence-corrected chi connectivity index (χ4v) is 2.76. The lowest BCUT2D eigenvalue weighted by atomic mass is 10.2. The Morgan fingerprint density at radius 2 is 1.92 bits per heavy atom. The molecule has 0 aliphatic carbocycles. The van der Waals surface area contributed by atoms with Crippen molar-refractivity contribution in [2.45, 2.75) is 11.3 Å². The first kappa shape index (κ1) is 17.9. The van der Waals surface area contributed by atoms with Crippen LogP contribution in [0, 0.1) is 0 Å². The van der Waals surface area contributed by atoms with Gasteiger partial charge in [-0.3, -0.25) is 9.78 Å². The van der Waals surface area contributed by atoms with Crippen LogP contribution in [0.1, 0.15) is 16.8 Å². The smallest absolute Gasteiger partial charge is 0.253 e. The minimum atomic E-state index is -3.25. The normalized spacial score (nSPS) is 11.1. The molecular weight excluding hydrogens is 328 g/mol. The Morgan fingerprint density at radius 3 is 2.58 bits per heavy atom. The Morgan fingerprint density at radius 1 is 1.21 bits per heavy atom. The average molecular weight is 348 g/mol. The summed E-state index contributed by atoms with van der Waals surface area (Å²) in [6.07, 6.45) is 4.96. The number of benzene rings is 1. The van der Waals surface area contributed by atoms with Gasteiger partial charge in [-0.15, -0.1) is 0 Å². The molecule has 7 heteroatoms. The second kappa shape index (κ2) is 7.92. The molecule has 2 aromatic rings. The number of hydrogen-bond donors (Lipinski definition) is 0. The van der Waals surface area contributed by atoms with Gasteiger partial charge >= 0.3 is 0 Å². The number of carbonyl (C=O) groups is 1. The summed E-state index contributed by atoms with van der Waals surface area (Å²) in [6.45, 7) is 0.925. The number of sulfone groups is 1. The first-order valence-corrected chi connectivity index (χ1v) is 9.35. The number of aromatic nitrogens is 1. The number of ether oxygens (including phenoxy) is 1. The summed E-state index contributed by atoms with van der Waals surface area (Å²) >= 11 is 0. The predicted molar refractivity (Wildman–Crippen MR) is 90.9 cm³/mol. The van der Waals surface area contributed by atoms with Crippen molar-refractivity contribution in [1.82, 2.24) is 9.88 Å². The third-order valence-electron chi connectivity index (χ3n) is 3.41. The molecule has 24 heavy (non-hydrogen) atoms. The zero-order valence-electron chi connectivity index (χ0n) is 13.7. The molecule has 1 aromatic carbocycles. The standard InChI is InChI=1S/C17H20N2O4S/c1-19(17(20)14-7-9-18-10-8-14)11-4-12-23-15-5-3-6-16(13-15)24(2,21)22/h3,5-10,13H,4,11-12H2,1-2H3. The predicted octanol–water partition coefficient (Wildman–Crippen LogP) is 2.03. The second-order valence-corrected chi connectivity index (χ2v) is 7.43. The molecule has 0 spiro atoms. The highest BCUT2D eigenvalue weighted by atomic mass is 32.2. The molecule has 2 rings (SSSR count). The quantitative estimate of drug-likeness (QED) is 0.716. The lowest BCUT2D eigenvalue weighted by Gasteiger charge is -2.17. The Kier molecular flexibility index (Phi) is 5.92. The maximum atomic E-state index is 12.2. The van der Waals surface area contributed by atoms with E-state index in [1.807, 2.05) is 0 Å². The largest absolute Gasteiger partial charge is 0.493 e. The van der Waals surface area contributed by atoms with Crippen LogP contribution in [-0.4, -0.2) is 50.7 Å². The van der Waals surface area contributed by atoms with Gasteiger partial charge in [-0.1, -0.05) is 6.07 Å². The summed E-state index contributed by atoms with van der Waals surface area (Å²) in [5, 5.41) is 0. The molecule has 6 nitrogen and oxygen atoms in total. The number of pyridine rings is 1. The molecule has 0 fully saturated rings. The summed E-state index contributed by atoms with van der Waals surface area (Å²) in [6, 6.07) is 9.73. The number of rotatable bonds is 7. The minimum Gasteiger partial charge on any atom is -0.493 e. The van der Waals surface area contributed by atoms with E-state index in [9.17, 15) is 13.2 Å². The van der Waals surface area contributed by atoms with Gasteiger partial charge in [0.05, 0.1) is 11.5 Å². The van der Waals surface area contributed by atoms with Gasteiger partial charge in [-0.2, -0.15) is 0 Å². The van der Waals surface area contributed by atoms with Gasteiger partial charge in [-0.25, -0.2) is 8.42 Å². The van der Waals surface area contributed by atoms with E-state index in [1.165, 1.54) is 12.1 Å². The molecule has 0 aliphatic rings. The molecule has 128 valence electrons. The first-order valence-electron chi connectivity index (χ1n) is 7.46. The van der Waals surface area contributed by atoms with Crippen molar-refractivity contribution in [3.63, 3.8) is 0 Å². The van der Waals surface area contributed by atoms with Crippen molar-refractivity contribution >= 4 is 15.7 Å². The molecule has 0 atom stereocenters. The van der Waals surface area contributed by atoms with Gasteiger partial charge in [0.25, 0.3) is 5.91 Å². The number of carbonyl (C=O) groups excluding carboxylic acids is 1. The summed E-state index contributed by atoms with van der Waals surface area (Å²) in [4.78, 5) is 17.9. The van der Waals surface area contributed by atoms with Crippen LogP contribution >= 0.6 is 0 Å². The lowest BCUT2D eigenvalue weighted by molar-refractivity contribution is 0.0787. The fourth-order valence-electron chi connectivity index (χ4n) is 2.10. The molecule has 1 heterocycles. The Labute approximate surface area is 142 Å². The summed E-state index contributed by atoms with van der Waals surface area (Å²) in [5.41, 5.74) is 0.592. The van der Waals surface area contributed by atoms with Crippen LogP contribution in [0.4, 0.5) is 0 Å². The maximum Gasteiger partial charge on any atom is 0.253 e. The lowest BCUT2D eigenvalue weighted by Crippen LogP contribution is -2.28. The van der Waals surface area contributed by atoms with E-state index in [0.29, 0.717) is 30.9 Å². The molecule has 0 aliphatic heterocycles. The van der Waals surface area contributed by atoms with Crippen LogP contribution < -0.4 is 4.74 Å². The van der Waals surface area contributed by atoms with Crippen molar-refractivity contribution in [2.75, 3.05) is 26.5 Å². The third kappa shape index (κ3) is 5.06. The molecule has 0 bridgehead atoms. The highest BCUT2D eigenvalue weighted by Crippen LogP contribution is 2.17. The third-order valence-corrected chi connectivity index (χ3v) is 4.52. The highest BCUT2D eigenvalue weighted by molar-refractivity contribution is 7.90. The van der Waals surface area contributed by atoms with Gasteiger partial charge in [0, 0.05) is 37.8 Å². The highest BCUT2D eigenvalue weighted by Gasteiger charge is 2.11. The second-order valence-electron chi connectivity index (χ2n) is 5.41. The van der Waals surface area contributed by atoms with Crippen LogP contribution in [0.25, 0.3) is 0 Å². The van der Waals surface area contributed by atoms with Crippen molar-refractivity contribution in [1.29, 1.82) is 0 Å². The molecule has 0 saturated heterocycles. The van der Waals surface area contributed by atoms with E-state index >= 15 is 0 Å². The van der Waals surface area contributed by atoms with Crippen LogP contribution in [0.15, 0.2) is 53.7 Å². The van der Waals surface area contributed by atoms with Gasteiger partial charge < -0.3 is 9.64 Å². The van der Waals surface area contributed by atoms with Gasteiger partial charge in [0.1, 0.15) is 5.75 Å². The average Bonchev–Trinajstić information content (AvgIpc) is 2.58. The number of amides is 1. The van der Waals surface area contributed by atoms with Crippen LogP contribution in [0.5, 0.6) is 5.75 Å². The van der Waals surface area contributed by atoms with Gasteiger partial charge in [0.15, 0.2) is 9.84 Å². The van der Waals surface area contributed by atoms with Gasteiger partial charge in [0.2, 0.25) is 0 Å². The Bertz CT molecular complexity index is 791. The zero-order valence-corrected chi connectivity index (χ0v) is 14.5. The molecule has 0 unspecified atom stereocenters. The Balaban J connectivity index is 1.82. The first-order chi connectivity index (χ1) is 11.4. The van der Waals surface area contributed by atoms with Crippen LogP contribution in [-0.2, 0) is 9.84 Å². The summed E-state index contributed by atoms with van der Waals surface area (Å²) in [5.74, 6) is 0.428. The fraction of sp³-hybridized carbons (Fsp3) is 0.294. The van der Waals surface area contributed by atoms with Crippen LogP contribution in [0.2, 0.25) is 0 Å². The zero-order chi connectivity index (χ0) is 17.6. The van der Waals surface area contributed by atoms with Crippen molar-refractivity contribution in [3.8, 4) is 5.75 Å². The summed E-state index contributed by atoms with van der Waals surface area (Å²) < 4.78 is 28.6. The molecule has 0 radical (unpaired) electrons. The molecule has 1 aromatic heterocycles. The van der Waals surface area contributed by atoms with E-state index in [1.54, 1.807) is 48.6 Å². The molecular formula is C17H20N2O4S. The monoisotopic (exact) mass is 348 g/mol. The number of hydrogen-bond acceptors (Lipinski definition) is 5. The molecule has 0 N–H and O–H groups in total. The minimum absolute atomic E-state index is 0.0727. The molecule has 1 amide bonds. The SMILES string of the molecule is CN(CCCOc1cccc(S(C)(=O)=O)c1)C(=O)c1ccncc1. The van der Waals surface area contributed by atoms with E-state index in [2.05, 4.69) is 4.98 Å². The summed E-state index contributed by atoms with van der Waals surface area (Å²) in [7, 11) is -1.52. The Hall–Kier alpha value is -2.41. The number of nitrogens with zero attached hydrogens (tertiary/aromatic N) is 2. The van der Waals surface area contributed by atoms with E-state index in [4.69, 9.17) is 4.74 Å². The van der Waals surface area contributed by atoms with Gasteiger partial charge in [-0.05, 0) is 36.8 Å². The van der Waals surface area contributed by atoms with E-state index in [-0.39, 0.29) is 10.8 Å². The topological polar surface area (TPSA) is 76.6 Å². The van der Waals surface area contributed by atoms with Crippen LogP contribution in [0.3, 0.4) is 0 Å². The molecule has 0 saturated carbocycles. The van der Waals surface area contributed by atoms with E-state index in [0.717, 1.165) is 6.26 Å². The van der Waals surface area contributed by atoms with E-state index < -0.39 is 9.84 Å². The van der Waals surface area contributed by atoms with Crippen molar-refractivity contribution in [2.24, 2.45) is 0 Å². The van der Waals surface area contributed by atoms with Crippen molar-refractivity contribution in [3.05, 3.63) is 54.4 Å². The van der Waals surface area contributed by atoms with Crippen molar-refractivity contribution < 1.29 is 17.9 Å². The maximum absolute atomic E-state index is 12.2.